The number of aromatic nitrogens is 2. The van der Waals surface area contributed by atoms with E-state index in [1.807, 2.05) is 0 Å². The normalized spacial score (nSPS) is 11.4. The van der Waals surface area contributed by atoms with E-state index >= 15 is 0 Å². The molecule has 1 aromatic carbocycles. The maximum Gasteiger partial charge on any atom is 0.0713 e. The van der Waals surface area contributed by atoms with E-state index in [1.54, 1.807) is 0 Å². The van der Waals surface area contributed by atoms with E-state index in [0.29, 0.717) is 0 Å². The highest BCUT2D eigenvalue weighted by molar-refractivity contribution is 5.82. The molecule has 0 atom stereocenters. The highest BCUT2D eigenvalue weighted by Gasteiger charge is 2.14. The summed E-state index contributed by atoms with van der Waals surface area (Å²) >= 11 is 0. The van der Waals surface area contributed by atoms with Crippen LogP contribution in [0.3, 0.4) is 0 Å². The Morgan fingerprint density at radius 2 is 1.37 bits per heavy atom. The molecule has 0 aliphatic carbocycles. The Hall–Kier alpha value is -1.96. The SMILES string of the molecule is Cc1cccc(C)c1-n1c(C)cc2c1cc(C)n2C. The van der Waals surface area contributed by atoms with Gasteiger partial charge in [0, 0.05) is 18.4 Å². The zero-order valence-electron chi connectivity index (χ0n) is 12.3. The summed E-state index contributed by atoms with van der Waals surface area (Å²) in [6.07, 6.45) is 0. The topological polar surface area (TPSA) is 9.86 Å². The number of fused-ring (bicyclic) bond motifs is 1. The summed E-state index contributed by atoms with van der Waals surface area (Å²) in [5.74, 6) is 0. The largest absolute Gasteiger partial charge is 0.347 e. The van der Waals surface area contributed by atoms with Gasteiger partial charge in [0.1, 0.15) is 0 Å². The monoisotopic (exact) mass is 252 g/mol. The molecule has 98 valence electrons. The van der Waals surface area contributed by atoms with Crippen LogP contribution < -0.4 is 0 Å². The van der Waals surface area contributed by atoms with Crippen LogP contribution in [0.1, 0.15) is 22.5 Å². The Kier molecular flexibility index (Phi) is 2.56. The fourth-order valence-electron chi connectivity index (χ4n) is 2.99. The fourth-order valence-corrected chi connectivity index (χ4v) is 2.99. The number of nitrogens with zero attached hydrogens (tertiary/aromatic N) is 2. The Morgan fingerprint density at radius 1 is 0.789 bits per heavy atom. The predicted octanol–water partition coefficient (Wildman–Crippen LogP) is 4.20. The Labute approximate surface area is 114 Å². The van der Waals surface area contributed by atoms with Crippen molar-refractivity contribution in [2.75, 3.05) is 0 Å². The first-order valence-electron chi connectivity index (χ1n) is 6.71. The number of para-hydroxylation sites is 1. The maximum absolute atomic E-state index is 2.38. The summed E-state index contributed by atoms with van der Waals surface area (Å²) < 4.78 is 4.64. The molecule has 3 aromatic rings. The van der Waals surface area contributed by atoms with E-state index in [-0.39, 0.29) is 0 Å². The summed E-state index contributed by atoms with van der Waals surface area (Å²) in [6.45, 7) is 8.71. The van der Waals surface area contributed by atoms with Crippen molar-refractivity contribution in [2.45, 2.75) is 27.7 Å². The molecule has 0 unspecified atom stereocenters. The van der Waals surface area contributed by atoms with Gasteiger partial charge in [-0.05, 0) is 51.0 Å². The van der Waals surface area contributed by atoms with E-state index < -0.39 is 0 Å². The molecule has 3 rings (SSSR count). The van der Waals surface area contributed by atoms with Crippen LogP contribution in [0.25, 0.3) is 16.7 Å². The molecule has 0 saturated carbocycles. The molecule has 2 nitrogen and oxygen atoms in total. The zero-order valence-corrected chi connectivity index (χ0v) is 12.3. The van der Waals surface area contributed by atoms with Crippen LogP contribution in [0.5, 0.6) is 0 Å². The van der Waals surface area contributed by atoms with Crippen LogP contribution in [0.4, 0.5) is 0 Å². The van der Waals surface area contributed by atoms with Crippen molar-refractivity contribution >= 4 is 11.0 Å². The predicted molar refractivity (Wildman–Crippen MR) is 81.2 cm³/mol. The minimum Gasteiger partial charge on any atom is -0.347 e. The molecule has 0 N–H and O–H groups in total. The van der Waals surface area contributed by atoms with Crippen molar-refractivity contribution in [1.82, 2.24) is 9.13 Å². The van der Waals surface area contributed by atoms with E-state index in [9.17, 15) is 0 Å². The van der Waals surface area contributed by atoms with Gasteiger partial charge in [-0.1, -0.05) is 18.2 Å². The van der Waals surface area contributed by atoms with Gasteiger partial charge >= 0.3 is 0 Å². The zero-order chi connectivity index (χ0) is 13.7. The quantitative estimate of drug-likeness (QED) is 0.614. The first-order chi connectivity index (χ1) is 9.00. The van der Waals surface area contributed by atoms with Crippen LogP contribution in [0, 0.1) is 27.7 Å². The second-order valence-electron chi connectivity index (χ2n) is 5.48. The Bertz CT molecular complexity index is 752. The highest BCUT2D eigenvalue weighted by atomic mass is 15.1. The minimum absolute atomic E-state index is 1.29. The lowest BCUT2D eigenvalue weighted by Crippen LogP contribution is -2.01. The number of rotatable bonds is 1. The molecule has 0 aliphatic heterocycles. The molecule has 2 aromatic heterocycles. The van der Waals surface area contributed by atoms with Gasteiger partial charge in [-0.15, -0.1) is 0 Å². The third-order valence-corrected chi connectivity index (χ3v) is 4.10. The smallest absolute Gasteiger partial charge is 0.0713 e. The summed E-state index contributed by atoms with van der Waals surface area (Å²) in [5.41, 5.74) is 9.15. The van der Waals surface area contributed by atoms with Crippen molar-refractivity contribution in [3.8, 4) is 5.69 Å². The minimum atomic E-state index is 1.29. The van der Waals surface area contributed by atoms with Gasteiger partial charge in [-0.25, -0.2) is 0 Å². The Morgan fingerprint density at radius 3 is 2.00 bits per heavy atom. The second-order valence-corrected chi connectivity index (χ2v) is 5.48. The number of hydrogen-bond acceptors (Lipinski definition) is 0. The van der Waals surface area contributed by atoms with E-state index in [2.05, 4.69) is 74.2 Å². The molecule has 2 heterocycles. The van der Waals surface area contributed by atoms with E-state index in [1.165, 1.54) is 39.2 Å². The first kappa shape index (κ1) is 12.1. The third-order valence-electron chi connectivity index (χ3n) is 4.10. The molecule has 0 saturated heterocycles. The van der Waals surface area contributed by atoms with Gasteiger partial charge in [0.25, 0.3) is 0 Å². The van der Waals surface area contributed by atoms with Crippen molar-refractivity contribution in [3.63, 3.8) is 0 Å². The summed E-state index contributed by atoms with van der Waals surface area (Å²) in [6, 6.07) is 11.0. The highest BCUT2D eigenvalue weighted by Crippen LogP contribution is 2.29. The van der Waals surface area contributed by atoms with Crippen molar-refractivity contribution in [3.05, 3.63) is 52.8 Å². The van der Waals surface area contributed by atoms with Crippen molar-refractivity contribution < 1.29 is 0 Å². The second kappa shape index (κ2) is 4.02. The summed E-state index contributed by atoms with van der Waals surface area (Å²) in [4.78, 5) is 0. The van der Waals surface area contributed by atoms with Gasteiger partial charge < -0.3 is 9.13 Å². The molecular formula is C17H20N2. The number of benzene rings is 1. The van der Waals surface area contributed by atoms with Gasteiger partial charge in [0.2, 0.25) is 0 Å². The van der Waals surface area contributed by atoms with Gasteiger partial charge in [-0.3, -0.25) is 0 Å². The molecule has 0 spiro atoms. The number of hydrogen-bond donors (Lipinski definition) is 0. The average Bonchev–Trinajstić information content (AvgIpc) is 2.79. The Balaban J connectivity index is 2.43. The van der Waals surface area contributed by atoms with Crippen LogP contribution >= 0.6 is 0 Å². The molecule has 0 amide bonds. The molecule has 0 bridgehead atoms. The maximum atomic E-state index is 2.38. The summed E-state index contributed by atoms with van der Waals surface area (Å²) in [7, 11) is 2.13. The lowest BCUT2D eigenvalue weighted by atomic mass is 10.1. The van der Waals surface area contributed by atoms with E-state index in [0.717, 1.165) is 0 Å². The van der Waals surface area contributed by atoms with Crippen molar-refractivity contribution in [2.24, 2.45) is 7.05 Å². The lowest BCUT2D eigenvalue weighted by Gasteiger charge is -2.14. The molecule has 0 fully saturated rings. The lowest BCUT2D eigenvalue weighted by molar-refractivity contribution is 0.918. The molecule has 0 radical (unpaired) electrons. The van der Waals surface area contributed by atoms with Gasteiger partial charge in [0.05, 0.1) is 16.7 Å². The number of aryl methyl sites for hydroxylation is 5. The summed E-state index contributed by atoms with van der Waals surface area (Å²) in [5, 5.41) is 0. The molecule has 19 heavy (non-hydrogen) atoms. The van der Waals surface area contributed by atoms with Crippen LogP contribution in [0.2, 0.25) is 0 Å². The van der Waals surface area contributed by atoms with Crippen LogP contribution in [-0.4, -0.2) is 9.13 Å². The molecule has 2 heteroatoms. The van der Waals surface area contributed by atoms with E-state index in [4.69, 9.17) is 0 Å². The molecule has 0 aliphatic rings. The van der Waals surface area contributed by atoms with Crippen LogP contribution in [0.15, 0.2) is 30.3 Å². The standard InChI is InChI=1S/C17H20N2/c1-11-7-6-8-12(2)17(11)19-14(4)10-15-16(19)9-13(3)18(15)5/h6-10H,1-5H3. The van der Waals surface area contributed by atoms with Gasteiger partial charge in [0.15, 0.2) is 0 Å². The third kappa shape index (κ3) is 1.63. The van der Waals surface area contributed by atoms with Crippen LogP contribution in [-0.2, 0) is 7.05 Å². The fraction of sp³-hybridized carbons (Fsp3) is 0.294. The van der Waals surface area contributed by atoms with Gasteiger partial charge in [-0.2, -0.15) is 0 Å². The average molecular weight is 252 g/mol. The van der Waals surface area contributed by atoms with Crippen molar-refractivity contribution in [1.29, 1.82) is 0 Å². The molecular weight excluding hydrogens is 232 g/mol. The first-order valence-corrected chi connectivity index (χ1v) is 6.71.